The minimum atomic E-state index is -5.38. The fraction of sp³-hybridized carbons (Fsp3) is 0.160. The number of aromatic nitrogens is 1. The number of ketones is 4. The molecule has 5 nitrogen and oxygen atoms in total. The van der Waals surface area contributed by atoms with Crippen molar-refractivity contribution in [2.45, 2.75) is 24.7 Å². The lowest BCUT2D eigenvalue weighted by atomic mass is 9.97. The molecule has 0 fully saturated rings. The summed E-state index contributed by atoms with van der Waals surface area (Å²) in [6, 6.07) is 1.22. The number of carbonyl (C=O) groups excluding carboxylic acids is 4. The topological polar surface area (TPSA) is 81.2 Å². The standard InChI is InChI=1S/C25H9F12NO4/c26-22(27,28)12-4-10(5-13(8-12)23(29,30)31)18(39)20(41)16-2-1-3-17(38-16)21(42)19(40)11-6-14(24(32,33)34)9-15(7-11)25(35,36)37/h1-9H. The van der Waals surface area contributed by atoms with E-state index < -0.39 is 92.6 Å². The van der Waals surface area contributed by atoms with Gasteiger partial charge in [0.15, 0.2) is 0 Å². The molecule has 3 rings (SSSR count). The van der Waals surface area contributed by atoms with Crippen LogP contribution in [0, 0.1) is 0 Å². The lowest BCUT2D eigenvalue weighted by Crippen LogP contribution is -2.22. The highest BCUT2D eigenvalue weighted by atomic mass is 19.4. The van der Waals surface area contributed by atoms with Gasteiger partial charge < -0.3 is 0 Å². The molecular weight excluding hydrogens is 606 g/mol. The van der Waals surface area contributed by atoms with Crippen LogP contribution in [0.3, 0.4) is 0 Å². The smallest absolute Gasteiger partial charge is 0.285 e. The van der Waals surface area contributed by atoms with Crippen molar-refractivity contribution in [3.05, 3.63) is 99.4 Å². The van der Waals surface area contributed by atoms with Gasteiger partial charge in [-0.3, -0.25) is 19.2 Å². The highest BCUT2D eigenvalue weighted by Gasteiger charge is 2.40. The molecule has 0 spiro atoms. The van der Waals surface area contributed by atoms with E-state index in [0.29, 0.717) is 12.1 Å². The van der Waals surface area contributed by atoms with Crippen molar-refractivity contribution < 1.29 is 71.9 Å². The van der Waals surface area contributed by atoms with Crippen LogP contribution in [0.5, 0.6) is 0 Å². The van der Waals surface area contributed by atoms with Crippen LogP contribution in [0.2, 0.25) is 0 Å². The molecule has 1 aromatic heterocycles. The molecule has 0 aliphatic rings. The van der Waals surface area contributed by atoms with Crippen molar-refractivity contribution in [2.24, 2.45) is 0 Å². The first-order chi connectivity index (χ1) is 19.0. The number of benzene rings is 2. The summed E-state index contributed by atoms with van der Waals surface area (Å²) in [5.41, 5.74) is -12.7. The summed E-state index contributed by atoms with van der Waals surface area (Å²) in [5.74, 6) is -7.63. The van der Waals surface area contributed by atoms with Crippen LogP contribution in [0.1, 0.15) is 63.9 Å². The minimum absolute atomic E-state index is 0.0557. The number of hydrogen-bond acceptors (Lipinski definition) is 5. The SMILES string of the molecule is O=C(C(=O)c1cccc(C(=O)C(=O)c2cc(C(F)(F)F)cc(C(F)(F)F)c2)n1)c1cc(C(F)(F)F)cc(C(F)(F)F)c1. The number of halogens is 12. The maximum Gasteiger partial charge on any atom is 0.416 e. The second-order valence-corrected chi connectivity index (χ2v) is 8.31. The van der Waals surface area contributed by atoms with Gasteiger partial charge in [-0.2, -0.15) is 52.7 Å². The van der Waals surface area contributed by atoms with E-state index in [0.717, 1.165) is 6.07 Å². The molecule has 1 heterocycles. The number of Topliss-reactive ketones (excluding diaryl/α,β-unsaturated/α-hetero) is 4. The average molecular weight is 615 g/mol. The summed E-state index contributed by atoms with van der Waals surface area (Å²) in [5, 5.41) is 0. The molecule has 0 saturated carbocycles. The molecule has 0 radical (unpaired) electrons. The average Bonchev–Trinajstić information content (AvgIpc) is 2.89. The number of rotatable bonds is 6. The lowest BCUT2D eigenvalue weighted by Gasteiger charge is -2.14. The monoisotopic (exact) mass is 615 g/mol. The number of carbonyl (C=O) groups is 4. The first-order valence-electron chi connectivity index (χ1n) is 10.7. The van der Waals surface area contributed by atoms with Gasteiger partial charge in [0.1, 0.15) is 11.4 Å². The van der Waals surface area contributed by atoms with Gasteiger partial charge in [0, 0.05) is 11.1 Å². The van der Waals surface area contributed by atoms with Gasteiger partial charge in [-0.05, 0) is 48.5 Å². The summed E-state index contributed by atoms with van der Waals surface area (Å²) in [7, 11) is 0. The molecule has 0 unspecified atom stereocenters. The van der Waals surface area contributed by atoms with Crippen LogP contribution >= 0.6 is 0 Å². The van der Waals surface area contributed by atoms with E-state index in [1.807, 2.05) is 0 Å². The van der Waals surface area contributed by atoms with Gasteiger partial charge in [0.2, 0.25) is 11.6 Å². The maximum absolute atomic E-state index is 13.1. The van der Waals surface area contributed by atoms with Gasteiger partial charge in [-0.25, -0.2) is 4.98 Å². The second-order valence-electron chi connectivity index (χ2n) is 8.31. The Kier molecular flexibility index (Phi) is 8.13. The molecular formula is C25H9F12NO4. The number of alkyl halides is 12. The Morgan fingerprint density at radius 1 is 0.429 bits per heavy atom. The van der Waals surface area contributed by atoms with Crippen molar-refractivity contribution in [2.75, 3.05) is 0 Å². The van der Waals surface area contributed by atoms with Crippen LogP contribution in [-0.2, 0) is 24.7 Å². The highest BCUT2D eigenvalue weighted by Crippen LogP contribution is 2.38. The van der Waals surface area contributed by atoms with Crippen molar-refractivity contribution in [1.82, 2.24) is 4.98 Å². The van der Waals surface area contributed by atoms with Gasteiger partial charge in [-0.1, -0.05) is 6.07 Å². The molecule has 0 aliphatic carbocycles. The summed E-state index contributed by atoms with van der Waals surface area (Å²) in [4.78, 5) is 53.5. The van der Waals surface area contributed by atoms with Crippen molar-refractivity contribution in [3.8, 4) is 0 Å². The van der Waals surface area contributed by atoms with E-state index in [-0.39, 0.29) is 36.4 Å². The number of nitrogens with zero attached hydrogens (tertiary/aromatic N) is 1. The largest absolute Gasteiger partial charge is 0.416 e. The van der Waals surface area contributed by atoms with Crippen LogP contribution < -0.4 is 0 Å². The summed E-state index contributed by atoms with van der Waals surface area (Å²) >= 11 is 0. The summed E-state index contributed by atoms with van der Waals surface area (Å²) in [6.07, 6.45) is -21.5. The molecule has 17 heteroatoms. The molecule has 42 heavy (non-hydrogen) atoms. The zero-order valence-corrected chi connectivity index (χ0v) is 19.8. The fourth-order valence-electron chi connectivity index (χ4n) is 3.35. The van der Waals surface area contributed by atoms with Crippen LogP contribution in [0.15, 0.2) is 54.6 Å². The quantitative estimate of drug-likeness (QED) is 0.165. The van der Waals surface area contributed by atoms with Gasteiger partial charge in [-0.15, -0.1) is 0 Å². The Bertz CT molecular complexity index is 1420. The van der Waals surface area contributed by atoms with Crippen molar-refractivity contribution in [3.63, 3.8) is 0 Å². The van der Waals surface area contributed by atoms with Crippen LogP contribution in [-0.4, -0.2) is 28.1 Å². The Hall–Kier alpha value is -4.57. The molecule has 0 atom stereocenters. The maximum atomic E-state index is 13.1. The predicted octanol–water partition coefficient (Wildman–Crippen LogP) is 7.29. The van der Waals surface area contributed by atoms with E-state index in [2.05, 4.69) is 4.98 Å². The normalized spacial score (nSPS) is 12.7. The number of hydrogen-bond donors (Lipinski definition) is 0. The van der Waals surface area contributed by atoms with Gasteiger partial charge >= 0.3 is 24.7 Å². The molecule has 0 saturated heterocycles. The first-order valence-corrected chi connectivity index (χ1v) is 10.7. The van der Waals surface area contributed by atoms with Crippen molar-refractivity contribution >= 4 is 23.1 Å². The zero-order valence-electron chi connectivity index (χ0n) is 19.8. The third-order valence-electron chi connectivity index (χ3n) is 5.33. The van der Waals surface area contributed by atoms with E-state index in [1.165, 1.54) is 0 Å². The Morgan fingerprint density at radius 2 is 0.690 bits per heavy atom. The molecule has 0 amide bonds. The van der Waals surface area contributed by atoms with E-state index in [4.69, 9.17) is 0 Å². The molecule has 0 aliphatic heterocycles. The molecule has 0 N–H and O–H groups in total. The third-order valence-corrected chi connectivity index (χ3v) is 5.33. The Balaban J connectivity index is 2.01. The van der Waals surface area contributed by atoms with E-state index in [9.17, 15) is 71.9 Å². The van der Waals surface area contributed by atoms with Crippen LogP contribution in [0.25, 0.3) is 0 Å². The van der Waals surface area contributed by atoms with Gasteiger partial charge in [0.25, 0.3) is 11.6 Å². The number of pyridine rings is 1. The van der Waals surface area contributed by atoms with E-state index in [1.54, 1.807) is 0 Å². The van der Waals surface area contributed by atoms with E-state index >= 15 is 0 Å². The van der Waals surface area contributed by atoms with Gasteiger partial charge in [0.05, 0.1) is 22.3 Å². The molecule has 2 aromatic carbocycles. The minimum Gasteiger partial charge on any atom is -0.285 e. The third kappa shape index (κ3) is 7.01. The second kappa shape index (κ2) is 10.7. The Labute approximate surface area is 224 Å². The fourth-order valence-corrected chi connectivity index (χ4v) is 3.35. The Morgan fingerprint density at radius 3 is 0.929 bits per heavy atom. The molecule has 3 aromatic rings. The zero-order chi connectivity index (χ0) is 32.0. The molecule has 0 bridgehead atoms. The highest BCUT2D eigenvalue weighted by molar-refractivity contribution is 6.50. The summed E-state index contributed by atoms with van der Waals surface area (Å²) < 4.78 is 157. The lowest BCUT2D eigenvalue weighted by molar-refractivity contribution is -0.144. The first kappa shape index (κ1) is 32.0. The summed E-state index contributed by atoms with van der Waals surface area (Å²) in [6.45, 7) is 0. The van der Waals surface area contributed by atoms with Crippen molar-refractivity contribution in [1.29, 1.82) is 0 Å². The molecule has 222 valence electrons. The van der Waals surface area contributed by atoms with Crippen LogP contribution in [0.4, 0.5) is 52.7 Å². The predicted molar refractivity (Wildman–Crippen MR) is 114 cm³/mol.